The van der Waals surface area contributed by atoms with Gasteiger partial charge in [0.25, 0.3) is 5.91 Å². The van der Waals surface area contributed by atoms with Gasteiger partial charge < -0.3 is 5.32 Å². The summed E-state index contributed by atoms with van der Waals surface area (Å²) in [6.07, 6.45) is 1.53. The van der Waals surface area contributed by atoms with Crippen LogP contribution in [-0.2, 0) is 9.59 Å². The van der Waals surface area contributed by atoms with Crippen molar-refractivity contribution in [3.05, 3.63) is 71.1 Å². The smallest absolute Gasteiger partial charge is 0.335 e. The first-order valence-electron chi connectivity index (χ1n) is 8.04. The van der Waals surface area contributed by atoms with Crippen LogP contribution in [0.15, 0.2) is 60.3 Å². The minimum atomic E-state index is -1.29. The van der Waals surface area contributed by atoms with Gasteiger partial charge in [-0.3, -0.25) is 14.9 Å². The molecular weight excluding hydrogens is 373 g/mol. The highest BCUT2D eigenvalue weighted by Crippen LogP contribution is 2.27. The van der Waals surface area contributed by atoms with E-state index in [0.717, 1.165) is 4.90 Å². The van der Waals surface area contributed by atoms with Crippen LogP contribution in [0.5, 0.6) is 0 Å². The fraction of sp³-hybridized carbons (Fsp3) is 0.105. The lowest BCUT2D eigenvalue weighted by molar-refractivity contribution is -0.132. The topological polar surface area (TPSA) is 78.5 Å². The summed E-state index contributed by atoms with van der Waals surface area (Å²) >= 11 is 5.84. The van der Waals surface area contributed by atoms with Crippen molar-refractivity contribution in [2.75, 3.05) is 10.2 Å². The van der Waals surface area contributed by atoms with Crippen LogP contribution in [0.3, 0.4) is 0 Å². The number of imide groups is 2. The molecule has 0 aliphatic carbocycles. The molecule has 8 heteroatoms. The molecule has 1 fully saturated rings. The van der Waals surface area contributed by atoms with Crippen LogP contribution in [0.4, 0.5) is 20.6 Å². The molecule has 4 amide bonds. The highest BCUT2D eigenvalue weighted by Gasteiger charge is 2.43. The van der Waals surface area contributed by atoms with Crippen molar-refractivity contribution in [2.24, 2.45) is 5.92 Å². The number of anilines is 2. The van der Waals surface area contributed by atoms with E-state index < -0.39 is 29.6 Å². The summed E-state index contributed by atoms with van der Waals surface area (Å²) in [5.41, 5.74) is 0.883. The molecule has 0 bridgehead atoms. The number of rotatable bonds is 4. The average Bonchev–Trinajstić information content (AvgIpc) is 2.62. The van der Waals surface area contributed by atoms with E-state index in [1.54, 1.807) is 13.0 Å². The summed E-state index contributed by atoms with van der Waals surface area (Å²) in [7, 11) is 0. The lowest BCUT2D eigenvalue weighted by Gasteiger charge is -2.31. The second-order valence-electron chi connectivity index (χ2n) is 5.76. The predicted octanol–water partition coefficient (Wildman–Crippen LogP) is 3.69. The van der Waals surface area contributed by atoms with Gasteiger partial charge in [-0.1, -0.05) is 23.7 Å². The molecule has 1 saturated heterocycles. The van der Waals surface area contributed by atoms with E-state index in [1.807, 2.05) is 0 Å². The number of urea groups is 1. The highest BCUT2D eigenvalue weighted by atomic mass is 35.5. The molecule has 27 heavy (non-hydrogen) atoms. The lowest BCUT2D eigenvalue weighted by atomic mass is 9.99. The van der Waals surface area contributed by atoms with Gasteiger partial charge in [0.1, 0.15) is 5.82 Å². The van der Waals surface area contributed by atoms with Crippen LogP contribution in [0.2, 0.25) is 5.02 Å². The Morgan fingerprint density at radius 2 is 1.89 bits per heavy atom. The molecule has 2 N–H and O–H groups in total. The Hall–Kier alpha value is -3.19. The number of amides is 4. The van der Waals surface area contributed by atoms with E-state index in [9.17, 15) is 18.8 Å². The third-order valence-electron chi connectivity index (χ3n) is 3.98. The van der Waals surface area contributed by atoms with Gasteiger partial charge in [-0.25, -0.2) is 14.1 Å². The molecule has 2 aromatic carbocycles. The standard InChI is InChI=1S/C19H15ClFN3O3/c1-2-15(22-13-5-3-4-12(21)10-13)16-17(25)23-19(27)24(18(16)26)14-8-6-11(20)7-9-14/h2-10,16,22H,1H3,(H,23,25,27)/b15-2+/t16-/m0/s1. The Morgan fingerprint density at radius 1 is 1.19 bits per heavy atom. The third-order valence-corrected chi connectivity index (χ3v) is 4.23. The predicted molar refractivity (Wildman–Crippen MR) is 99.7 cm³/mol. The number of hydrogen-bond donors (Lipinski definition) is 2. The number of benzene rings is 2. The molecule has 1 atom stereocenters. The SMILES string of the molecule is C/C=C(/Nc1cccc(F)c1)[C@H]1C(=O)NC(=O)N(c2ccc(Cl)cc2)C1=O. The zero-order valence-corrected chi connectivity index (χ0v) is 15.0. The Kier molecular flexibility index (Phi) is 5.23. The summed E-state index contributed by atoms with van der Waals surface area (Å²) in [4.78, 5) is 38.4. The summed E-state index contributed by atoms with van der Waals surface area (Å²) in [6, 6.07) is 10.8. The molecule has 138 valence electrons. The van der Waals surface area contributed by atoms with E-state index >= 15 is 0 Å². The van der Waals surface area contributed by atoms with Gasteiger partial charge in [0.15, 0.2) is 5.92 Å². The summed E-state index contributed by atoms with van der Waals surface area (Å²) in [6.45, 7) is 1.63. The van der Waals surface area contributed by atoms with Crippen molar-refractivity contribution in [1.82, 2.24) is 5.32 Å². The van der Waals surface area contributed by atoms with Gasteiger partial charge in [0, 0.05) is 16.4 Å². The van der Waals surface area contributed by atoms with Gasteiger partial charge in [-0.15, -0.1) is 0 Å². The van der Waals surface area contributed by atoms with Crippen LogP contribution in [0.1, 0.15) is 6.92 Å². The van der Waals surface area contributed by atoms with E-state index in [4.69, 9.17) is 11.6 Å². The molecule has 1 heterocycles. The van der Waals surface area contributed by atoms with Crippen LogP contribution >= 0.6 is 11.6 Å². The molecule has 3 rings (SSSR count). The molecule has 1 aliphatic rings. The van der Waals surface area contributed by atoms with Gasteiger partial charge in [0.2, 0.25) is 5.91 Å². The van der Waals surface area contributed by atoms with Gasteiger partial charge in [-0.2, -0.15) is 0 Å². The molecule has 0 aromatic heterocycles. The van der Waals surface area contributed by atoms with Crippen molar-refractivity contribution < 1.29 is 18.8 Å². The molecule has 6 nitrogen and oxygen atoms in total. The number of hydrogen-bond acceptors (Lipinski definition) is 4. The molecular formula is C19H15ClFN3O3. The fourth-order valence-corrected chi connectivity index (χ4v) is 2.85. The first-order chi connectivity index (χ1) is 12.9. The first-order valence-corrected chi connectivity index (χ1v) is 8.41. The van der Waals surface area contributed by atoms with Crippen molar-refractivity contribution in [3.63, 3.8) is 0 Å². The van der Waals surface area contributed by atoms with Crippen molar-refractivity contribution >= 4 is 40.8 Å². The number of barbiturate groups is 1. The second-order valence-corrected chi connectivity index (χ2v) is 6.19. The molecule has 0 radical (unpaired) electrons. The van der Waals surface area contributed by atoms with Crippen molar-refractivity contribution in [3.8, 4) is 0 Å². The molecule has 0 saturated carbocycles. The normalized spacial score (nSPS) is 17.7. The maximum absolute atomic E-state index is 13.4. The fourth-order valence-electron chi connectivity index (χ4n) is 2.73. The zero-order chi connectivity index (χ0) is 19.6. The number of carbonyl (C=O) groups is 3. The molecule has 2 aromatic rings. The quantitative estimate of drug-likeness (QED) is 0.784. The van der Waals surface area contributed by atoms with Gasteiger partial charge in [0.05, 0.1) is 5.69 Å². The van der Waals surface area contributed by atoms with Crippen LogP contribution in [-0.4, -0.2) is 17.8 Å². The number of carbonyl (C=O) groups excluding carboxylic acids is 3. The Labute approximate surface area is 159 Å². The lowest BCUT2D eigenvalue weighted by Crippen LogP contribution is -2.59. The highest BCUT2D eigenvalue weighted by molar-refractivity contribution is 6.31. The minimum Gasteiger partial charge on any atom is -0.358 e. The second kappa shape index (κ2) is 7.59. The minimum absolute atomic E-state index is 0.231. The van der Waals surface area contributed by atoms with E-state index in [1.165, 1.54) is 48.5 Å². The Balaban J connectivity index is 1.92. The zero-order valence-electron chi connectivity index (χ0n) is 14.2. The van der Waals surface area contributed by atoms with Crippen molar-refractivity contribution in [2.45, 2.75) is 6.92 Å². The Bertz CT molecular complexity index is 943. The first kappa shape index (κ1) is 18.6. The van der Waals surface area contributed by atoms with Gasteiger partial charge in [-0.05, 0) is 49.4 Å². The number of nitrogens with zero attached hydrogens (tertiary/aromatic N) is 1. The van der Waals surface area contributed by atoms with Crippen LogP contribution < -0.4 is 15.5 Å². The number of nitrogens with one attached hydrogen (secondary N) is 2. The average molecular weight is 388 g/mol. The number of halogens is 2. The maximum atomic E-state index is 13.4. The number of allylic oxidation sites excluding steroid dienone is 1. The summed E-state index contributed by atoms with van der Waals surface area (Å²) < 4.78 is 13.4. The maximum Gasteiger partial charge on any atom is 0.335 e. The summed E-state index contributed by atoms with van der Waals surface area (Å²) in [5.74, 6) is -3.23. The molecule has 0 spiro atoms. The third kappa shape index (κ3) is 3.83. The summed E-state index contributed by atoms with van der Waals surface area (Å²) in [5, 5.41) is 5.49. The van der Waals surface area contributed by atoms with Crippen LogP contribution in [0, 0.1) is 11.7 Å². The van der Waals surface area contributed by atoms with Crippen LogP contribution in [0.25, 0.3) is 0 Å². The van der Waals surface area contributed by atoms with E-state index in [2.05, 4.69) is 10.6 Å². The molecule has 1 aliphatic heterocycles. The van der Waals surface area contributed by atoms with Crippen molar-refractivity contribution in [1.29, 1.82) is 0 Å². The van der Waals surface area contributed by atoms with Gasteiger partial charge >= 0.3 is 6.03 Å². The largest absolute Gasteiger partial charge is 0.358 e. The molecule has 0 unspecified atom stereocenters. The van der Waals surface area contributed by atoms with E-state index in [-0.39, 0.29) is 11.4 Å². The monoisotopic (exact) mass is 387 g/mol. The van der Waals surface area contributed by atoms with E-state index in [0.29, 0.717) is 10.7 Å². The Morgan fingerprint density at radius 3 is 2.52 bits per heavy atom.